The van der Waals surface area contributed by atoms with Crippen LogP contribution in [0.4, 0.5) is 5.69 Å². The molecular formula is C18H18N4O2. The SMILES string of the molecule is CCOC(=O)/C(=N\Nc1cccc(C)c1)c1cn2ccccc2n1. The molecule has 0 aliphatic rings. The Kier molecular flexibility index (Phi) is 4.56. The topological polar surface area (TPSA) is 68.0 Å². The lowest BCUT2D eigenvalue weighted by Gasteiger charge is -2.05. The van der Waals surface area contributed by atoms with Crippen LogP contribution in [-0.2, 0) is 9.53 Å². The number of hydrazone groups is 1. The summed E-state index contributed by atoms with van der Waals surface area (Å²) in [5.74, 6) is -0.513. The van der Waals surface area contributed by atoms with Gasteiger partial charge in [0.05, 0.1) is 12.3 Å². The summed E-state index contributed by atoms with van der Waals surface area (Å²) in [6.07, 6.45) is 3.62. The van der Waals surface area contributed by atoms with E-state index < -0.39 is 5.97 Å². The highest BCUT2D eigenvalue weighted by molar-refractivity contribution is 6.42. The Morgan fingerprint density at radius 3 is 2.92 bits per heavy atom. The van der Waals surface area contributed by atoms with Gasteiger partial charge in [-0.05, 0) is 43.7 Å². The third kappa shape index (κ3) is 3.43. The standard InChI is InChI=1S/C18H18N4O2/c1-3-24-18(23)17(21-20-14-8-6-7-13(2)11-14)15-12-22-10-5-4-9-16(22)19-15/h4-12,20H,3H2,1-2H3/b21-17-. The molecule has 3 rings (SSSR count). The summed E-state index contributed by atoms with van der Waals surface area (Å²) >= 11 is 0. The highest BCUT2D eigenvalue weighted by Gasteiger charge is 2.19. The van der Waals surface area contributed by atoms with Gasteiger partial charge < -0.3 is 9.14 Å². The molecule has 0 saturated carbocycles. The number of hydrogen-bond acceptors (Lipinski definition) is 5. The van der Waals surface area contributed by atoms with E-state index in [1.807, 2.05) is 60.0 Å². The molecule has 3 aromatic rings. The molecule has 1 N–H and O–H groups in total. The zero-order chi connectivity index (χ0) is 16.9. The lowest BCUT2D eigenvalue weighted by molar-refractivity contribution is -0.134. The molecule has 122 valence electrons. The number of benzene rings is 1. The van der Waals surface area contributed by atoms with Crippen molar-refractivity contribution in [3.8, 4) is 0 Å². The fourth-order valence-corrected chi connectivity index (χ4v) is 2.29. The van der Waals surface area contributed by atoms with Crippen molar-refractivity contribution in [3.05, 3.63) is 66.1 Å². The van der Waals surface area contributed by atoms with Gasteiger partial charge in [0.25, 0.3) is 0 Å². The predicted molar refractivity (Wildman–Crippen MR) is 93.2 cm³/mol. The number of anilines is 1. The van der Waals surface area contributed by atoms with Crippen LogP contribution in [0.2, 0.25) is 0 Å². The van der Waals surface area contributed by atoms with Crippen LogP contribution >= 0.6 is 0 Å². The van der Waals surface area contributed by atoms with E-state index in [0.717, 1.165) is 16.9 Å². The van der Waals surface area contributed by atoms with Gasteiger partial charge in [-0.1, -0.05) is 18.2 Å². The summed E-state index contributed by atoms with van der Waals surface area (Å²) in [5, 5.41) is 4.24. The molecule has 0 amide bonds. The molecule has 0 fully saturated rings. The molecule has 0 saturated heterocycles. The minimum atomic E-state index is -0.513. The van der Waals surface area contributed by atoms with Gasteiger partial charge in [-0.2, -0.15) is 5.10 Å². The van der Waals surface area contributed by atoms with Crippen molar-refractivity contribution >= 4 is 23.0 Å². The van der Waals surface area contributed by atoms with Crippen LogP contribution in [0.25, 0.3) is 5.65 Å². The van der Waals surface area contributed by atoms with Gasteiger partial charge in [0.15, 0.2) is 5.71 Å². The van der Waals surface area contributed by atoms with E-state index in [1.165, 1.54) is 0 Å². The third-order valence-corrected chi connectivity index (χ3v) is 3.39. The lowest BCUT2D eigenvalue weighted by Crippen LogP contribution is -2.20. The molecule has 0 aliphatic heterocycles. The number of nitrogens with one attached hydrogen (secondary N) is 1. The van der Waals surface area contributed by atoms with Crippen molar-refractivity contribution in [2.24, 2.45) is 5.10 Å². The Bertz CT molecular complexity index is 866. The van der Waals surface area contributed by atoms with Gasteiger partial charge >= 0.3 is 5.97 Å². The van der Waals surface area contributed by atoms with Crippen molar-refractivity contribution in [2.45, 2.75) is 13.8 Å². The Morgan fingerprint density at radius 1 is 1.29 bits per heavy atom. The molecule has 2 aromatic heterocycles. The number of ether oxygens (including phenoxy) is 1. The van der Waals surface area contributed by atoms with E-state index in [9.17, 15) is 4.79 Å². The van der Waals surface area contributed by atoms with E-state index in [2.05, 4.69) is 15.5 Å². The predicted octanol–water partition coefficient (Wildman–Crippen LogP) is 3.02. The number of fused-ring (bicyclic) bond motifs is 1. The molecule has 6 nitrogen and oxygen atoms in total. The zero-order valence-corrected chi connectivity index (χ0v) is 13.6. The van der Waals surface area contributed by atoms with Gasteiger partial charge in [0.2, 0.25) is 0 Å². The maximum Gasteiger partial charge on any atom is 0.361 e. The summed E-state index contributed by atoms with van der Waals surface area (Å²) < 4.78 is 6.94. The molecule has 6 heteroatoms. The Balaban J connectivity index is 1.96. The minimum absolute atomic E-state index is 0.141. The van der Waals surface area contributed by atoms with Crippen molar-refractivity contribution in [3.63, 3.8) is 0 Å². The Hall–Kier alpha value is -3.15. The van der Waals surface area contributed by atoms with Crippen molar-refractivity contribution < 1.29 is 9.53 Å². The molecule has 1 aromatic carbocycles. The fourth-order valence-electron chi connectivity index (χ4n) is 2.29. The fraction of sp³-hybridized carbons (Fsp3) is 0.167. The number of aryl methyl sites for hydroxylation is 1. The van der Waals surface area contributed by atoms with Gasteiger partial charge in [0, 0.05) is 12.4 Å². The number of nitrogens with zero attached hydrogens (tertiary/aromatic N) is 3. The number of rotatable bonds is 5. The lowest BCUT2D eigenvalue weighted by atomic mass is 10.2. The minimum Gasteiger partial charge on any atom is -0.461 e. The van der Waals surface area contributed by atoms with Crippen LogP contribution in [0.1, 0.15) is 18.2 Å². The zero-order valence-electron chi connectivity index (χ0n) is 13.6. The number of esters is 1. The molecule has 2 heterocycles. The molecule has 0 radical (unpaired) electrons. The quantitative estimate of drug-likeness (QED) is 0.445. The van der Waals surface area contributed by atoms with E-state index in [-0.39, 0.29) is 12.3 Å². The van der Waals surface area contributed by atoms with Crippen molar-refractivity contribution in [1.29, 1.82) is 0 Å². The normalized spacial score (nSPS) is 11.5. The van der Waals surface area contributed by atoms with Crippen molar-refractivity contribution in [1.82, 2.24) is 9.38 Å². The Morgan fingerprint density at radius 2 is 2.17 bits per heavy atom. The average Bonchev–Trinajstić information content (AvgIpc) is 2.99. The molecular weight excluding hydrogens is 304 g/mol. The van der Waals surface area contributed by atoms with Crippen LogP contribution in [0.5, 0.6) is 0 Å². The number of pyridine rings is 1. The van der Waals surface area contributed by atoms with Crippen LogP contribution in [0, 0.1) is 6.92 Å². The number of carbonyl (C=O) groups excluding carboxylic acids is 1. The third-order valence-electron chi connectivity index (χ3n) is 3.39. The molecule has 0 aliphatic carbocycles. The maximum absolute atomic E-state index is 12.3. The Labute approximate surface area is 139 Å². The summed E-state index contributed by atoms with van der Waals surface area (Å²) in [6.45, 7) is 4.02. The second kappa shape index (κ2) is 6.95. The maximum atomic E-state index is 12.3. The van der Waals surface area contributed by atoms with E-state index in [1.54, 1.807) is 13.1 Å². The second-order valence-electron chi connectivity index (χ2n) is 5.25. The summed E-state index contributed by atoms with van der Waals surface area (Å²) in [5.41, 5.74) is 6.13. The van der Waals surface area contributed by atoms with E-state index in [4.69, 9.17) is 4.74 Å². The van der Waals surface area contributed by atoms with Gasteiger partial charge in [-0.15, -0.1) is 0 Å². The van der Waals surface area contributed by atoms with E-state index >= 15 is 0 Å². The van der Waals surface area contributed by atoms with Gasteiger partial charge in [0.1, 0.15) is 11.3 Å². The highest BCUT2D eigenvalue weighted by atomic mass is 16.5. The van der Waals surface area contributed by atoms with Crippen LogP contribution in [-0.4, -0.2) is 27.7 Å². The molecule has 24 heavy (non-hydrogen) atoms. The molecule has 0 spiro atoms. The van der Waals surface area contributed by atoms with Crippen LogP contribution in [0.3, 0.4) is 0 Å². The summed E-state index contributed by atoms with van der Waals surface area (Å²) in [4.78, 5) is 16.7. The number of aromatic nitrogens is 2. The first-order chi connectivity index (χ1) is 11.7. The average molecular weight is 322 g/mol. The van der Waals surface area contributed by atoms with Gasteiger partial charge in [-0.3, -0.25) is 5.43 Å². The smallest absolute Gasteiger partial charge is 0.361 e. The van der Waals surface area contributed by atoms with E-state index in [0.29, 0.717) is 5.69 Å². The van der Waals surface area contributed by atoms with Crippen LogP contribution in [0.15, 0.2) is 60.0 Å². The first-order valence-corrected chi connectivity index (χ1v) is 7.69. The molecule has 0 unspecified atom stereocenters. The summed E-state index contributed by atoms with van der Waals surface area (Å²) in [7, 11) is 0. The summed E-state index contributed by atoms with van der Waals surface area (Å²) in [6, 6.07) is 13.4. The number of imidazole rings is 1. The molecule has 0 bridgehead atoms. The first-order valence-electron chi connectivity index (χ1n) is 7.69. The monoisotopic (exact) mass is 322 g/mol. The number of carbonyl (C=O) groups is 1. The first kappa shape index (κ1) is 15.7. The van der Waals surface area contributed by atoms with Crippen LogP contribution < -0.4 is 5.43 Å². The highest BCUT2D eigenvalue weighted by Crippen LogP contribution is 2.11. The molecule has 0 atom stereocenters. The number of hydrogen-bond donors (Lipinski definition) is 1. The second-order valence-corrected chi connectivity index (χ2v) is 5.25. The van der Waals surface area contributed by atoms with Gasteiger partial charge in [-0.25, -0.2) is 9.78 Å². The largest absolute Gasteiger partial charge is 0.461 e. The van der Waals surface area contributed by atoms with Crippen molar-refractivity contribution in [2.75, 3.05) is 12.0 Å².